The molecule has 0 aliphatic carbocycles. The van der Waals surface area contributed by atoms with E-state index in [2.05, 4.69) is 28.9 Å². The van der Waals surface area contributed by atoms with Gasteiger partial charge in [-0.05, 0) is 30.7 Å². The van der Waals surface area contributed by atoms with Crippen LogP contribution in [0.25, 0.3) is 0 Å². The number of hydrogen-bond acceptors (Lipinski definition) is 6. The molecule has 0 radical (unpaired) electrons. The van der Waals surface area contributed by atoms with Crippen molar-refractivity contribution < 1.29 is 14.0 Å². The zero-order chi connectivity index (χ0) is 17.4. The fourth-order valence-corrected chi connectivity index (χ4v) is 2.50. The van der Waals surface area contributed by atoms with E-state index in [-0.39, 0.29) is 0 Å². The summed E-state index contributed by atoms with van der Waals surface area (Å²) in [6, 6.07) is 5.98. The van der Waals surface area contributed by atoms with Crippen LogP contribution in [-0.2, 0) is 19.5 Å². The molecule has 132 valence electrons. The van der Waals surface area contributed by atoms with Gasteiger partial charge in [0.25, 0.3) is 0 Å². The molecule has 24 heavy (non-hydrogen) atoms. The van der Waals surface area contributed by atoms with Gasteiger partial charge in [-0.2, -0.15) is 4.98 Å². The normalized spacial score (nSPS) is 11.0. The lowest BCUT2D eigenvalue weighted by atomic mass is 10.2. The molecule has 1 heterocycles. The summed E-state index contributed by atoms with van der Waals surface area (Å²) in [7, 11) is 3.29. The van der Waals surface area contributed by atoms with Gasteiger partial charge >= 0.3 is 0 Å². The molecule has 6 heteroatoms. The van der Waals surface area contributed by atoms with Gasteiger partial charge in [-0.15, -0.1) is 0 Å². The first-order valence-electron chi connectivity index (χ1n) is 8.44. The zero-order valence-corrected chi connectivity index (χ0v) is 15.0. The first-order chi connectivity index (χ1) is 11.7. The Labute approximate surface area is 143 Å². The fraction of sp³-hybridized carbons (Fsp3) is 0.556. The topological polar surface area (TPSA) is 60.6 Å². The average Bonchev–Trinajstić information content (AvgIpc) is 3.06. The minimum absolute atomic E-state index is 0.643. The van der Waals surface area contributed by atoms with Crippen LogP contribution in [0.2, 0.25) is 0 Å². The number of hydrogen-bond donors (Lipinski definition) is 0. The number of aromatic nitrogens is 2. The molecule has 1 aromatic heterocycles. The number of aryl methyl sites for hydroxylation is 1. The van der Waals surface area contributed by atoms with Crippen LogP contribution >= 0.6 is 0 Å². The van der Waals surface area contributed by atoms with Crippen LogP contribution in [0.4, 0.5) is 0 Å². The van der Waals surface area contributed by atoms with Gasteiger partial charge in [0.2, 0.25) is 5.89 Å². The van der Waals surface area contributed by atoms with E-state index < -0.39 is 0 Å². The third-order valence-electron chi connectivity index (χ3n) is 3.92. The minimum Gasteiger partial charge on any atom is -0.493 e. The molecule has 0 fully saturated rings. The summed E-state index contributed by atoms with van der Waals surface area (Å²) in [5.41, 5.74) is 1.15. The maximum Gasteiger partial charge on any atom is 0.240 e. The maximum absolute atomic E-state index is 5.37. The van der Waals surface area contributed by atoms with Gasteiger partial charge in [0.05, 0.1) is 20.8 Å². The third kappa shape index (κ3) is 4.96. The highest BCUT2D eigenvalue weighted by Crippen LogP contribution is 2.28. The van der Waals surface area contributed by atoms with E-state index >= 15 is 0 Å². The molecular weight excluding hydrogens is 306 g/mol. The van der Waals surface area contributed by atoms with Gasteiger partial charge in [0.1, 0.15) is 0 Å². The molecule has 0 spiro atoms. The quantitative estimate of drug-likeness (QED) is 0.664. The monoisotopic (exact) mass is 333 g/mol. The SMILES string of the molecule is CCCCc1noc(CN(CC)Cc2ccc(OC)c(OC)c2)n1. The molecule has 6 nitrogen and oxygen atoms in total. The lowest BCUT2D eigenvalue weighted by molar-refractivity contribution is 0.228. The van der Waals surface area contributed by atoms with Crippen molar-refractivity contribution in [1.82, 2.24) is 15.0 Å². The van der Waals surface area contributed by atoms with Gasteiger partial charge in [0, 0.05) is 13.0 Å². The van der Waals surface area contributed by atoms with Gasteiger partial charge in [0.15, 0.2) is 17.3 Å². The standard InChI is InChI=1S/C18H27N3O3/c1-5-7-8-17-19-18(24-20-17)13-21(6-2)12-14-9-10-15(22-3)16(11-14)23-4/h9-11H,5-8,12-13H2,1-4H3. The van der Waals surface area contributed by atoms with E-state index in [1.54, 1.807) is 14.2 Å². The molecule has 0 bridgehead atoms. The van der Waals surface area contributed by atoms with Crippen molar-refractivity contribution in [3.05, 3.63) is 35.5 Å². The molecule has 2 aromatic rings. The number of rotatable bonds is 10. The van der Waals surface area contributed by atoms with Crippen LogP contribution in [0.15, 0.2) is 22.7 Å². The Hall–Kier alpha value is -2.08. The molecule has 0 atom stereocenters. The summed E-state index contributed by atoms with van der Waals surface area (Å²) in [5.74, 6) is 2.95. The highest BCUT2D eigenvalue weighted by atomic mass is 16.5. The van der Waals surface area contributed by atoms with Gasteiger partial charge in [-0.25, -0.2) is 0 Å². The Balaban J connectivity index is 2.00. The van der Waals surface area contributed by atoms with Crippen molar-refractivity contribution in [3.63, 3.8) is 0 Å². The van der Waals surface area contributed by atoms with Crippen LogP contribution in [0.3, 0.4) is 0 Å². The average molecular weight is 333 g/mol. The van der Waals surface area contributed by atoms with Gasteiger partial charge in [-0.3, -0.25) is 4.90 Å². The minimum atomic E-state index is 0.643. The smallest absolute Gasteiger partial charge is 0.240 e. The van der Waals surface area contributed by atoms with Gasteiger partial charge in [-0.1, -0.05) is 31.5 Å². The first-order valence-corrected chi connectivity index (χ1v) is 8.44. The Morgan fingerprint density at radius 1 is 1.08 bits per heavy atom. The van der Waals surface area contributed by atoms with Crippen LogP contribution in [-0.4, -0.2) is 35.8 Å². The predicted octanol–water partition coefficient (Wildman–Crippen LogP) is 3.45. The molecule has 0 saturated heterocycles. The Kier molecular flexibility index (Phi) is 7.06. The lowest BCUT2D eigenvalue weighted by Gasteiger charge is -2.19. The third-order valence-corrected chi connectivity index (χ3v) is 3.92. The fourth-order valence-electron chi connectivity index (χ4n) is 2.50. The lowest BCUT2D eigenvalue weighted by Crippen LogP contribution is -2.22. The van der Waals surface area contributed by atoms with Crippen LogP contribution in [0.5, 0.6) is 11.5 Å². The summed E-state index contributed by atoms with van der Waals surface area (Å²) < 4.78 is 16.0. The molecule has 0 unspecified atom stereocenters. The summed E-state index contributed by atoms with van der Waals surface area (Å²) in [4.78, 5) is 6.72. The largest absolute Gasteiger partial charge is 0.493 e. The van der Waals surface area contributed by atoms with Crippen molar-refractivity contribution >= 4 is 0 Å². The zero-order valence-electron chi connectivity index (χ0n) is 15.0. The summed E-state index contributed by atoms with van der Waals surface area (Å²) in [6.07, 6.45) is 3.09. The van der Waals surface area contributed by atoms with Crippen molar-refractivity contribution in [2.24, 2.45) is 0 Å². The van der Waals surface area contributed by atoms with Crippen LogP contribution in [0.1, 0.15) is 44.0 Å². The van der Waals surface area contributed by atoms with Crippen LogP contribution < -0.4 is 9.47 Å². The molecule has 0 aliphatic heterocycles. The summed E-state index contributed by atoms with van der Waals surface area (Å²) in [5, 5.41) is 4.05. The molecule has 0 N–H and O–H groups in total. The van der Waals surface area contributed by atoms with E-state index in [9.17, 15) is 0 Å². The summed E-state index contributed by atoms with van der Waals surface area (Å²) in [6.45, 7) is 6.59. The van der Waals surface area contributed by atoms with Crippen molar-refractivity contribution in [2.45, 2.75) is 46.2 Å². The number of methoxy groups -OCH3 is 2. The predicted molar refractivity (Wildman–Crippen MR) is 92.2 cm³/mol. The first kappa shape index (κ1) is 18.3. The van der Waals surface area contributed by atoms with E-state index in [1.807, 2.05) is 18.2 Å². The number of unbranched alkanes of at least 4 members (excludes halogenated alkanes) is 1. The molecule has 0 saturated carbocycles. The maximum atomic E-state index is 5.37. The molecule has 0 amide bonds. The molecular formula is C18H27N3O3. The van der Waals surface area contributed by atoms with Gasteiger partial charge < -0.3 is 14.0 Å². The Bertz CT molecular complexity index is 628. The van der Waals surface area contributed by atoms with Crippen molar-refractivity contribution in [3.8, 4) is 11.5 Å². The molecule has 1 aromatic carbocycles. The summed E-state index contributed by atoms with van der Waals surface area (Å²) >= 11 is 0. The highest BCUT2D eigenvalue weighted by Gasteiger charge is 2.13. The Morgan fingerprint density at radius 3 is 2.54 bits per heavy atom. The van der Waals surface area contributed by atoms with E-state index in [0.29, 0.717) is 12.4 Å². The second-order valence-electron chi connectivity index (χ2n) is 5.70. The number of ether oxygens (including phenoxy) is 2. The van der Waals surface area contributed by atoms with E-state index in [1.165, 1.54) is 0 Å². The number of benzene rings is 1. The van der Waals surface area contributed by atoms with Crippen molar-refractivity contribution in [2.75, 3.05) is 20.8 Å². The second kappa shape index (κ2) is 9.27. The second-order valence-corrected chi connectivity index (χ2v) is 5.70. The Morgan fingerprint density at radius 2 is 1.88 bits per heavy atom. The van der Waals surface area contributed by atoms with E-state index in [4.69, 9.17) is 14.0 Å². The van der Waals surface area contributed by atoms with Crippen molar-refractivity contribution in [1.29, 1.82) is 0 Å². The van der Waals surface area contributed by atoms with Crippen LogP contribution in [0, 0.1) is 0 Å². The molecule has 0 aliphatic rings. The van der Waals surface area contributed by atoms with E-state index in [0.717, 1.165) is 55.2 Å². The molecule has 2 rings (SSSR count). The highest BCUT2D eigenvalue weighted by molar-refractivity contribution is 5.42. The number of nitrogens with zero attached hydrogens (tertiary/aromatic N) is 3.